The number of rotatable bonds is 5. The maximum absolute atomic E-state index is 11.8. The molecule has 0 aliphatic rings. The van der Waals surface area contributed by atoms with Gasteiger partial charge < -0.3 is 14.4 Å². The standard InChI is InChI=1S/C15H16N2O4S/c1-17(2)13(18)8-21-15(19)12-9-22-14(16-12)10-4-6-11(20-3)7-5-10/h4-7,9H,8H2,1-3H3. The molecule has 2 aromatic rings. The molecule has 116 valence electrons. The summed E-state index contributed by atoms with van der Waals surface area (Å²) in [6.07, 6.45) is 0. The van der Waals surface area contributed by atoms with E-state index >= 15 is 0 Å². The largest absolute Gasteiger partial charge is 0.497 e. The highest BCUT2D eigenvalue weighted by Crippen LogP contribution is 2.25. The predicted molar refractivity (Wildman–Crippen MR) is 83.1 cm³/mol. The number of benzene rings is 1. The normalized spacial score (nSPS) is 10.1. The van der Waals surface area contributed by atoms with Gasteiger partial charge in [-0.2, -0.15) is 0 Å². The van der Waals surface area contributed by atoms with Gasteiger partial charge >= 0.3 is 5.97 Å². The van der Waals surface area contributed by atoms with E-state index in [2.05, 4.69) is 4.98 Å². The summed E-state index contributed by atoms with van der Waals surface area (Å²) in [5.74, 6) is -0.132. The van der Waals surface area contributed by atoms with E-state index in [9.17, 15) is 9.59 Å². The van der Waals surface area contributed by atoms with E-state index in [1.165, 1.54) is 16.2 Å². The van der Waals surface area contributed by atoms with Gasteiger partial charge in [-0.05, 0) is 24.3 Å². The van der Waals surface area contributed by atoms with Gasteiger partial charge in [-0.25, -0.2) is 9.78 Å². The summed E-state index contributed by atoms with van der Waals surface area (Å²) in [4.78, 5) is 28.8. The fourth-order valence-electron chi connectivity index (χ4n) is 1.56. The molecular formula is C15H16N2O4S. The molecule has 0 fully saturated rings. The van der Waals surface area contributed by atoms with Crippen molar-refractivity contribution in [1.82, 2.24) is 9.88 Å². The fraction of sp³-hybridized carbons (Fsp3) is 0.267. The SMILES string of the molecule is COc1ccc(-c2nc(C(=O)OCC(=O)N(C)C)cs2)cc1. The molecule has 0 saturated heterocycles. The van der Waals surface area contributed by atoms with Gasteiger partial charge in [-0.15, -0.1) is 11.3 Å². The number of hydrogen-bond donors (Lipinski definition) is 0. The van der Waals surface area contributed by atoms with Gasteiger partial charge in [-0.3, -0.25) is 4.79 Å². The number of nitrogens with zero attached hydrogens (tertiary/aromatic N) is 2. The molecule has 1 aromatic heterocycles. The van der Waals surface area contributed by atoms with Crippen LogP contribution in [-0.4, -0.2) is 49.6 Å². The van der Waals surface area contributed by atoms with Crippen LogP contribution in [0.1, 0.15) is 10.5 Å². The number of ether oxygens (including phenoxy) is 2. The van der Waals surface area contributed by atoms with Crippen LogP contribution in [0.25, 0.3) is 10.6 Å². The van der Waals surface area contributed by atoms with E-state index < -0.39 is 5.97 Å². The summed E-state index contributed by atoms with van der Waals surface area (Å²) in [7, 11) is 4.79. The molecule has 1 heterocycles. The summed E-state index contributed by atoms with van der Waals surface area (Å²) in [6, 6.07) is 7.37. The van der Waals surface area contributed by atoms with Crippen molar-refractivity contribution < 1.29 is 19.1 Å². The Morgan fingerprint density at radius 3 is 2.50 bits per heavy atom. The van der Waals surface area contributed by atoms with Crippen LogP contribution < -0.4 is 4.74 Å². The van der Waals surface area contributed by atoms with E-state index in [1.54, 1.807) is 26.6 Å². The Hall–Kier alpha value is -2.41. The molecular weight excluding hydrogens is 304 g/mol. The topological polar surface area (TPSA) is 68.7 Å². The van der Waals surface area contributed by atoms with E-state index in [4.69, 9.17) is 9.47 Å². The minimum atomic E-state index is -0.605. The number of amides is 1. The molecule has 0 unspecified atom stereocenters. The lowest BCUT2D eigenvalue weighted by Crippen LogP contribution is -2.27. The van der Waals surface area contributed by atoms with Crippen molar-refractivity contribution in [1.29, 1.82) is 0 Å². The molecule has 7 heteroatoms. The highest BCUT2D eigenvalue weighted by atomic mass is 32.1. The molecule has 0 N–H and O–H groups in total. The van der Waals surface area contributed by atoms with Gasteiger partial charge in [0.15, 0.2) is 12.3 Å². The van der Waals surface area contributed by atoms with Crippen LogP contribution in [0.4, 0.5) is 0 Å². The van der Waals surface area contributed by atoms with Crippen molar-refractivity contribution in [3.63, 3.8) is 0 Å². The first-order valence-corrected chi connectivity index (χ1v) is 7.36. The van der Waals surface area contributed by atoms with E-state index in [-0.39, 0.29) is 18.2 Å². The number of carbonyl (C=O) groups is 2. The lowest BCUT2D eigenvalue weighted by Gasteiger charge is -2.09. The molecule has 0 radical (unpaired) electrons. The number of esters is 1. The Morgan fingerprint density at radius 1 is 1.23 bits per heavy atom. The summed E-state index contributed by atoms with van der Waals surface area (Å²) in [5, 5.41) is 2.32. The van der Waals surface area contributed by atoms with E-state index in [1.807, 2.05) is 24.3 Å². The molecule has 0 spiro atoms. The summed E-state index contributed by atoms with van der Waals surface area (Å²) in [6.45, 7) is -0.290. The van der Waals surface area contributed by atoms with E-state index in [0.717, 1.165) is 11.3 Å². The van der Waals surface area contributed by atoms with Crippen LogP contribution in [-0.2, 0) is 9.53 Å². The van der Waals surface area contributed by atoms with Crippen molar-refractivity contribution >= 4 is 23.2 Å². The molecule has 2 rings (SSSR count). The van der Waals surface area contributed by atoms with Crippen LogP contribution >= 0.6 is 11.3 Å². The molecule has 0 atom stereocenters. The van der Waals surface area contributed by atoms with Gasteiger partial charge in [0.1, 0.15) is 10.8 Å². The van der Waals surface area contributed by atoms with Crippen LogP contribution in [0.15, 0.2) is 29.6 Å². The Labute approximate surface area is 132 Å². The second kappa shape index (κ2) is 7.04. The third kappa shape index (κ3) is 3.82. The molecule has 0 saturated carbocycles. The summed E-state index contributed by atoms with van der Waals surface area (Å²) in [5.41, 5.74) is 1.08. The van der Waals surface area contributed by atoms with Crippen molar-refractivity contribution in [2.75, 3.05) is 27.8 Å². The van der Waals surface area contributed by atoms with Crippen molar-refractivity contribution in [3.05, 3.63) is 35.3 Å². The smallest absolute Gasteiger partial charge is 0.358 e. The third-order valence-electron chi connectivity index (χ3n) is 2.88. The molecule has 0 aliphatic carbocycles. The monoisotopic (exact) mass is 320 g/mol. The molecule has 1 amide bonds. The first kappa shape index (κ1) is 16.0. The van der Waals surface area contributed by atoms with Crippen LogP contribution in [0.5, 0.6) is 5.75 Å². The van der Waals surface area contributed by atoms with Gasteiger partial charge in [0.25, 0.3) is 5.91 Å². The number of hydrogen-bond acceptors (Lipinski definition) is 6. The minimum Gasteiger partial charge on any atom is -0.497 e. The number of aromatic nitrogens is 1. The molecule has 22 heavy (non-hydrogen) atoms. The fourth-order valence-corrected chi connectivity index (χ4v) is 2.36. The highest BCUT2D eigenvalue weighted by Gasteiger charge is 2.15. The van der Waals surface area contributed by atoms with Crippen LogP contribution in [0, 0.1) is 0 Å². The molecule has 0 aliphatic heterocycles. The Bertz CT molecular complexity index is 664. The summed E-state index contributed by atoms with van der Waals surface area (Å²) >= 11 is 1.34. The third-order valence-corrected chi connectivity index (χ3v) is 3.77. The number of likely N-dealkylation sites (N-methyl/N-ethyl adjacent to an activating group) is 1. The average Bonchev–Trinajstić information content (AvgIpc) is 3.02. The highest BCUT2D eigenvalue weighted by molar-refractivity contribution is 7.13. The van der Waals surface area contributed by atoms with Crippen LogP contribution in [0.2, 0.25) is 0 Å². The maximum atomic E-state index is 11.8. The van der Waals surface area contributed by atoms with Gasteiger partial charge in [0.05, 0.1) is 7.11 Å². The van der Waals surface area contributed by atoms with Crippen molar-refractivity contribution in [2.24, 2.45) is 0 Å². The quantitative estimate of drug-likeness (QED) is 0.789. The van der Waals surface area contributed by atoms with Crippen LogP contribution in [0.3, 0.4) is 0 Å². The van der Waals surface area contributed by atoms with Crippen molar-refractivity contribution in [3.8, 4) is 16.3 Å². The van der Waals surface area contributed by atoms with E-state index in [0.29, 0.717) is 5.01 Å². The second-order valence-electron chi connectivity index (χ2n) is 4.63. The molecule has 1 aromatic carbocycles. The van der Waals surface area contributed by atoms with Crippen molar-refractivity contribution in [2.45, 2.75) is 0 Å². The lowest BCUT2D eigenvalue weighted by atomic mass is 10.2. The number of thiazole rings is 1. The predicted octanol–water partition coefficient (Wildman–Crippen LogP) is 2.06. The van der Waals surface area contributed by atoms with Gasteiger partial charge in [-0.1, -0.05) is 0 Å². The molecule has 0 bridgehead atoms. The van der Waals surface area contributed by atoms with Gasteiger partial charge in [0.2, 0.25) is 0 Å². The van der Waals surface area contributed by atoms with Gasteiger partial charge in [0, 0.05) is 25.0 Å². The minimum absolute atomic E-state index is 0.197. The lowest BCUT2D eigenvalue weighted by molar-refractivity contribution is -0.131. The Balaban J connectivity index is 2.03. The molecule has 6 nitrogen and oxygen atoms in total. The average molecular weight is 320 g/mol. The Morgan fingerprint density at radius 2 is 1.91 bits per heavy atom. The maximum Gasteiger partial charge on any atom is 0.358 e. The number of carbonyl (C=O) groups excluding carboxylic acids is 2. The summed E-state index contributed by atoms with van der Waals surface area (Å²) < 4.78 is 10.0. The number of methoxy groups -OCH3 is 1. The zero-order chi connectivity index (χ0) is 16.1. The zero-order valence-corrected chi connectivity index (χ0v) is 13.3. The zero-order valence-electron chi connectivity index (χ0n) is 12.5. The first-order chi connectivity index (χ1) is 10.5. The second-order valence-corrected chi connectivity index (χ2v) is 5.49. The Kier molecular flexibility index (Phi) is 5.11. The first-order valence-electron chi connectivity index (χ1n) is 6.48.